The van der Waals surface area contributed by atoms with Crippen molar-refractivity contribution in [2.45, 2.75) is 6.92 Å². The van der Waals surface area contributed by atoms with Crippen LogP contribution in [0.15, 0.2) is 76.3 Å². The highest BCUT2D eigenvalue weighted by Crippen LogP contribution is 2.31. The summed E-state index contributed by atoms with van der Waals surface area (Å²) >= 11 is 4.86. The zero-order valence-corrected chi connectivity index (χ0v) is 18.8. The van der Waals surface area contributed by atoms with Crippen molar-refractivity contribution in [3.05, 3.63) is 87.9 Å². The summed E-state index contributed by atoms with van der Waals surface area (Å²) in [6.07, 6.45) is 1.65. The molecule has 0 unspecified atom stereocenters. The number of hydrogen-bond acceptors (Lipinski definition) is 5. The molecule has 0 radical (unpaired) electrons. The summed E-state index contributed by atoms with van der Waals surface area (Å²) in [5.74, 6) is 0.507. The molecule has 0 atom stereocenters. The number of amides is 1. The molecule has 0 aliphatic carbocycles. The Labute approximate surface area is 186 Å². The van der Waals surface area contributed by atoms with Gasteiger partial charge in [-0.15, -0.1) is 0 Å². The molecule has 0 saturated carbocycles. The van der Waals surface area contributed by atoms with Crippen LogP contribution in [0.1, 0.15) is 21.5 Å². The molecule has 0 fully saturated rings. The molecule has 0 spiro atoms. The van der Waals surface area contributed by atoms with Crippen molar-refractivity contribution in [3.8, 4) is 5.75 Å². The minimum atomic E-state index is -0.253. The maximum absolute atomic E-state index is 13.3. The number of thiazole rings is 1. The summed E-state index contributed by atoms with van der Waals surface area (Å²) < 4.78 is 7.03. The van der Waals surface area contributed by atoms with Gasteiger partial charge in [0.2, 0.25) is 5.13 Å². The second-order valence-corrected chi connectivity index (χ2v) is 8.54. The number of fused-ring (bicyclic) bond motifs is 1. The van der Waals surface area contributed by atoms with E-state index in [0.717, 1.165) is 31.6 Å². The first-order chi connectivity index (χ1) is 14.5. The molecule has 3 aromatic carbocycles. The number of carbonyl (C=O) groups is 1. The lowest BCUT2D eigenvalue weighted by Gasteiger charge is -2.14. The normalized spacial score (nSPS) is 11.2. The van der Waals surface area contributed by atoms with E-state index in [9.17, 15) is 4.79 Å². The summed E-state index contributed by atoms with van der Waals surface area (Å²) in [5, 5.41) is 6.37. The average Bonchev–Trinajstić information content (AvgIpc) is 3.17. The Kier molecular flexibility index (Phi) is 5.92. The van der Waals surface area contributed by atoms with Crippen LogP contribution >= 0.6 is 27.3 Å². The molecule has 150 valence electrons. The van der Waals surface area contributed by atoms with Crippen LogP contribution in [0.2, 0.25) is 0 Å². The van der Waals surface area contributed by atoms with Crippen LogP contribution in [0.5, 0.6) is 5.75 Å². The predicted octanol–water partition coefficient (Wildman–Crippen LogP) is 6.06. The molecule has 30 heavy (non-hydrogen) atoms. The van der Waals surface area contributed by atoms with Crippen LogP contribution in [0.3, 0.4) is 0 Å². The maximum atomic E-state index is 13.3. The third-order valence-electron chi connectivity index (χ3n) is 4.42. The second kappa shape index (κ2) is 8.77. The monoisotopic (exact) mass is 479 g/mol. The summed E-state index contributed by atoms with van der Waals surface area (Å²) in [7, 11) is 1.62. The van der Waals surface area contributed by atoms with Crippen molar-refractivity contribution in [1.29, 1.82) is 0 Å². The van der Waals surface area contributed by atoms with Crippen LogP contribution in [0.4, 0.5) is 5.13 Å². The van der Waals surface area contributed by atoms with Gasteiger partial charge in [-0.25, -0.2) is 4.98 Å². The van der Waals surface area contributed by atoms with Gasteiger partial charge in [-0.05, 0) is 72.6 Å². The first-order valence-corrected chi connectivity index (χ1v) is 10.8. The molecule has 0 aliphatic heterocycles. The van der Waals surface area contributed by atoms with E-state index in [4.69, 9.17) is 4.74 Å². The van der Waals surface area contributed by atoms with Gasteiger partial charge in [0.25, 0.3) is 5.91 Å². The standard InChI is InChI=1S/C23H18BrN3O2S/c1-15-6-11-20-21(12-15)30-23(26-20)27(22(28)17-4-3-5-18(24)13-17)25-14-16-7-9-19(29-2)10-8-16/h3-14H,1-2H3/b25-14+. The van der Waals surface area contributed by atoms with Gasteiger partial charge in [0.15, 0.2) is 0 Å². The van der Waals surface area contributed by atoms with Crippen molar-refractivity contribution in [2.24, 2.45) is 5.10 Å². The van der Waals surface area contributed by atoms with Crippen molar-refractivity contribution in [2.75, 3.05) is 12.1 Å². The smallest absolute Gasteiger partial charge is 0.280 e. The van der Waals surface area contributed by atoms with Gasteiger partial charge in [0.1, 0.15) is 5.75 Å². The van der Waals surface area contributed by atoms with E-state index in [2.05, 4.69) is 32.1 Å². The molecule has 1 heterocycles. The van der Waals surface area contributed by atoms with E-state index in [0.29, 0.717) is 10.7 Å². The van der Waals surface area contributed by atoms with Gasteiger partial charge in [-0.2, -0.15) is 10.1 Å². The Balaban J connectivity index is 1.74. The molecular formula is C23H18BrN3O2S. The number of hydrogen-bond donors (Lipinski definition) is 0. The average molecular weight is 480 g/mol. The molecule has 7 heteroatoms. The number of aromatic nitrogens is 1. The van der Waals surface area contributed by atoms with E-state index >= 15 is 0 Å². The van der Waals surface area contributed by atoms with Crippen LogP contribution in [0.25, 0.3) is 10.2 Å². The number of carbonyl (C=O) groups excluding carboxylic acids is 1. The molecule has 5 nitrogen and oxygen atoms in total. The van der Waals surface area contributed by atoms with Gasteiger partial charge in [0, 0.05) is 10.0 Å². The van der Waals surface area contributed by atoms with Gasteiger partial charge in [-0.3, -0.25) is 4.79 Å². The summed E-state index contributed by atoms with van der Waals surface area (Å²) in [4.78, 5) is 17.9. The second-order valence-electron chi connectivity index (χ2n) is 6.61. The van der Waals surface area contributed by atoms with Crippen LogP contribution in [0, 0.1) is 6.92 Å². The minimum Gasteiger partial charge on any atom is -0.497 e. The molecule has 4 aromatic rings. The fourth-order valence-electron chi connectivity index (χ4n) is 2.86. The van der Waals surface area contributed by atoms with Crippen molar-refractivity contribution in [3.63, 3.8) is 0 Å². The minimum absolute atomic E-state index is 0.253. The van der Waals surface area contributed by atoms with E-state index in [1.54, 1.807) is 25.5 Å². The number of nitrogens with zero attached hydrogens (tertiary/aromatic N) is 3. The van der Waals surface area contributed by atoms with Crippen LogP contribution in [-0.2, 0) is 0 Å². The van der Waals surface area contributed by atoms with Crippen molar-refractivity contribution < 1.29 is 9.53 Å². The lowest BCUT2D eigenvalue weighted by molar-refractivity contribution is 0.0988. The number of ether oxygens (including phenoxy) is 1. The molecule has 0 N–H and O–H groups in total. The Morgan fingerprint density at radius 3 is 2.67 bits per heavy atom. The molecule has 0 aliphatic rings. The van der Waals surface area contributed by atoms with Gasteiger partial charge < -0.3 is 4.74 Å². The third kappa shape index (κ3) is 4.42. The molecule has 0 saturated heterocycles. The topological polar surface area (TPSA) is 54.8 Å². The highest BCUT2D eigenvalue weighted by atomic mass is 79.9. The van der Waals surface area contributed by atoms with E-state index in [-0.39, 0.29) is 5.91 Å². The molecule has 1 amide bonds. The number of anilines is 1. The first-order valence-electron chi connectivity index (χ1n) is 9.19. The molecule has 4 rings (SSSR count). The van der Waals surface area contributed by atoms with E-state index in [1.165, 1.54) is 16.3 Å². The number of halogens is 1. The maximum Gasteiger partial charge on any atom is 0.280 e. The summed E-state index contributed by atoms with van der Waals surface area (Å²) in [5.41, 5.74) is 3.35. The first kappa shape index (κ1) is 20.3. The van der Waals surface area contributed by atoms with Gasteiger partial charge >= 0.3 is 0 Å². The Bertz CT molecular complexity index is 1230. The quantitative estimate of drug-likeness (QED) is 0.258. The largest absolute Gasteiger partial charge is 0.497 e. The van der Waals surface area contributed by atoms with E-state index < -0.39 is 0 Å². The highest BCUT2D eigenvalue weighted by Gasteiger charge is 2.21. The number of benzene rings is 3. The Morgan fingerprint density at radius 1 is 1.13 bits per heavy atom. The number of methoxy groups -OCH3 is 1. The van der Waals surface area contributed by atoms with E-state index in [1.807, 2.05) is 55.5 Å². The number of hydrazone groups is 1. The molecule has 1 aromatic heterocycles. The Hall–Kier alpha value is -3.03. The lowest BCUT2D eigenvalue weighted by atomic mass is 10.2. The Morgan fingerprint density at radius 2 is 1.93 bits per heavy atom. The number of rotatable bonds is 5. The van der Waals surface area contributed by atoms with Crippen molar-refractivity contribution in [1.82, 2.24) is 4.98 Å². The third-order valence-corrected chi connectivity index (χ3v) is 5.90. The van der Waals surface area contributed by atoms with Gasteiger partial charge in [-0.1, -0.05) is 39.4 Å². The number of aryl methyl sites for hydroxylation is 1. The summed E-state index contributed by atoms with van der Waals surface area (Å²) in [6, 6.07) is 20.7. The lowest BCUT2D eigenvalue weighted by Crippen LogP contribution is -2.25. The summed E-state index contributed by atoms with van der Waals surface area (Å²) in [6.45, 7) is 2.03. The fourth-order valence-corrected chi connectivity index (χ4v) is 4.28. The van der Waals surface area contributed by atoms with Crippen LogP contribution < -0.4 is 9.75 Å². The highest BCUT2D eigenvalue weighted by molar-refractivity contribution is 9.10. The van der Waals surface area contributed by atoms with Crippen molar-refractivity contribution >= 4 is 54.7 Å². The van der Waals surface area contributed by atoms with Crippen LogP contribution in [-0.4, -0.2) is 24.2 Å². The zero-order chi connectivity index (χ0) is 21.1. The van der Waals surface area contributed by atoms with Gasteiger partial charge in [0.05, 0.1) is 23.5 Å². The predicted molar refractivity (Wildman–Crippen MR) is 126 cm³/mol. The molecule has 0 bridgehead atoms. The zero-order valence-electron chi connectivity index (χ0n) is 16.4. The molecular weight excluding hydrogens is 462 g/mol. The fraction of sp³-hybridized carbons (Fsp3) is 0.0870. The SMILES string of the molecule is COc1ccc(/C=N/N(C(=O)c2cccc(Br)c2)c2nc3ccc(C)cc3s2)cc1.